The van der Waals surface area contributed by atoms with Crippen LogP contribution in [-0.2, 0) is 6.54 Å². The topological polar surface area (TPSA) is 49.3 Å². The zero-order valence-corrected chi connectivity index (χ0v) is 11.7. The third-order valence-electron chi connectivity index (χ3n) is 2.82. The molecule has 1 atom stereocenters. The summed E-state index contributed by atoms with van der Waals surface area (Å²) in [5.74, 6) is 2.82. The van der Waals surface area contributed by atoms with E-state index < -0.39 is 5.97 Å². The van der Waals surface area contributed by atoms with Gasteiger partial charge >= 0.3 is 5.97 Å². The van der Waals surface area contributed by atoms with Crippen molar-refractivity contribution in [2.24, 2.45) is 0 Å². The molecule has 0 radical (unpaired) electrons. The maximum Gasteiger partial charge on any atom is 0.336 e. The maximum atomic E-state index is 11.1. The minimum absolute atomic E-state index is 0.399. The molecule has 1 aromatic carbocycles. The van der Waals surface area contributed by atoms with Crippen molar-refractivity contribution < 1.29 is 9.90 Å². The number of hydrogen-bond acceptors (Lipinski definition) is 4. The highest BCUT2D eigenvalue weighted by molar-refractivity contribution is 8.06. The highest BCUT2D eigenvalue weighted by Crippen LogP contribution is 2.23. The Kier molecular flexibility index (Phi) is 5.41. The molecule has 0 saturated carbocycles. The van der Waals surface area contributed by atoms with Crippen molar-refractivity contribution in [3.63, 3.8) is 0 Å². The van der Waals surface area contributed by atoms with Crippen molar-refractivity contribution in [1.29, 1.82) is 0 Å². The molecule has 0 aliphatic carbocycles. The van der Waals surface area contributed by atoms with E-state index in [1.165, 1.54) is 17.3 Å². The summed E-state index contributed by atoms with van der Waals surface area (Å²) in [6, 6.07) is 7.18. The number of carbonyl (C=O) groups is 1. The average Bonchev–Trinajstić information content (AvgIpc) is 2.40. The summed E-state index contributed by atoms with van der Waals surface area (Å²) in [5.41, 5.74) is 1.26. The normalized spacial score (nSPS) is 19.7. The van der Waals surface area contributed by atoms with E-state index in [4.69, 9.17) is 5.11 Å². The lowest BCUT2D eigenvalue weighted by Gasteiger charge is -2.21. The molecule has 2 N–H and O–H groups in total. The summed E-state index contributed by atoms with van der Waals surface area (Å²) in [7, 11) is 0. The third kappa shape index (κ3) is 3.93. The lowest BCUT2D eigenvalue weighted by atomic mass is 10.1. The van der Waals surface area contributed by atoms with Gasteiger partial charge in [0.1, 0.15) is 0 Å². The van der Waals surface area contributed by atoms with Crippen LogP contribution in [0.5, 0.6) is 0 Å². The smallest absolute Gasteiger partial charge is 0.336 e. The zero-order valence-electron chi connectivity index (χ0n) is 10.1. The molecule has 18 heavy (non-hydrogen) atoms. The predicted molar refractivity (Wildman–Crippen MR) is 78.7 cm³/mol. The Morgan fingerprint density at radius 1 is 1.39 bits per heavy atom. The first-order chi connectivity index (χ1) is 8.77. The molecule has 0 bridgehead atoms. The lowest BCUT2D eigenvalue weighted by Crippen LogP contribution is -2.29. The minimum Gasteiger partial charge on any atom is -0.478 e. The molecule has 2 rings (SSSR count). The molecule has 1 saturated heterocycles. The summed E-state index contributed by atoms with van der Waals surface area (Å²) < 4.78 is 0. The monoisotopic (exact) mass is 283 g/mol. The molecule has 0 spiro atoms. The molecule has 1 unspecified atom stereocenters. The molecule has 1 aromatic rings. The van der Waals surface area contributed by atoms with Crippen molar-refractivity contribution in [3.8, 4) is 0 Å². The number of benzene rings is 1. The van der Waals surface area contributed by atoms with Gasteiger partial charge < -0.3 is 10.4 Å². The molecule has 3 nitrogen and oxygen atoms in total. The molecular weight excluding hydrogens is 266 g/mol. The van der Waals surface area contributed by atoms with Gasteiger partial charge in [-0.25, -0.2) is 4.79 Å². The van der Waals surface area contributed by atoms with E-state index in [-0.39, 0.29) is 0 Å². The highest BCUT2D eigenvalue weighted by Gasteiger charge is 2.14. The van der Waals surface area contributed by atoms with E-state index in [1.807, 2.05) is 35.7 Å². The van der Waals surface area contributed by atoms with Gasteiger partial charge in [0.2, 0.25) is 0 Å². The van der Waals surface area contributed by atoms with Gasteiger partial charge in [0.15, 0.2) is 0 Å². The number of rotatable bonds is 5. The van der Waals surface area contributed by atoms with Crippen LogP contribution in [0.4, 0.5) is 0 Å². The molecule has 0 amide bonds. The van der Waals surface area contributed by atoms with Crippen LogP contribution in [0.3, 0.4) is 0 Å². The molecule has 1 heterocycles. The Hall–Kier alpha value is -0.650. The van der Waals surface area contributed by atoms with Crippen molar-refractivity contribution in [1.82, 2.24) is 5.32 Å². The van der Waals surface area contributed by atoms with Gasteiger partial charge in [0.05, 0.1) is 5.56 Å². The fraction of sp³-hybridized carbons (Fsp3) is 0.462. The van der Waals surface area contributed by atoms with Gasteiger partial charge in [-0.15, -0.1) is 0 Å². The Balaban J connectivity index is 1.84. The van der Waals surface area contributed by atoms with Crippen LogP contribution in [0.2, 0.25) is 0 Å². The summed E-state index contributed by atoms with van der Waals surface area (Å²) >= 11 is 4.01. The Labute approximate surface area is 116 Å². The van der Waals surface area contributed by atoms with Gasteiger partial charge in [-0.05, 0) is 11.6 Å². The number of carboxylic acids is 1. The molecule has 0 aromatic heterocycles. The van der Waals surface area contributed by atoms with Gasteiger partial charge in [-0.1, -0.05) is 18.2 Å². The van der Waals surface area contributed by atoms with Crippen molar-refractivity contribution in [3.05, 3.63) is 35.4 Å². The first-order valence-electron chi connectivity index (χ1n) is 5.98. The van der Waals surface area contributed by atoms with Gasteiger partial charge in [0, 0.05) is 35.6 Å². The summed E-state index contributed by atoms with van der Waals surface area (Å²) in [5, 5.41) is 13.1. The van der Waals surface area contributed by atoms with Gasteiger partial charge in [0.25, 0.3) is 0 Å². The summed E-state index contributed by atoms with van der Waals surface area (Å²) in [4.78, 5) is 11.1. The summed E-state index contributed by atoms with van der Waals surface area (Å²) in [6.07, 6.45) is 0. The van der Waals surface area contributed by atoms with Crippen LogP contribution in [0.1, 0.15) is 15.9 Å². The molecule has 1 fully saturated rings. The fourth-order valence-corrected chi connectivity index (χ4v) is 4.55. The second kappa shape index (κ2) is 7.07. The van der Waals surface area contributed by atoms with E-state index >= 15 is 0 Å². The van der Waals surface area contributed by atoms with Crippen LogP contribution < -0.4 is 5.32 Å². The Morgan fingerprint density at radius 2 is 2.22 bits per heavy atom. The average molecular weight is 283 g/mol. The highest BCUT2D eigenvalue weighted by atomic mass is 32.2. The second-order valence-corrected chi connectivity index (χ2v) is 6.72. The first-order valence-corrected chi connectivity index (χ1v) is 8.19. The number of nitrogens with one attached hydrogen (secondary N) is 1. The predicted octanol–water partition coefficient (Wildman–Crippen LogP) is 2.32. The molecule has 5 heteroatoms. The molecule has 98 valence electrons. The van der Waals surface area contributed by atoms with E-state index in [9.17, 15) is 4.79 Å². The third-order valence-corrected chi connectivity index (χ3v) is 5.67. The van der Waals surface area contributed by atoms with Gasteiger partial charge in [-0.3, -0.25) is 0 Å². The Morgan fingerprint density at radius 3 is 2.94 bits per heavy atom. The molecule has 1 aliphatic rings. The van der Waals surface area contributed by atoms with Crippen LogP contribution in [0.25, 0.3) is 0 Å². The van der Waals surface area contributed by atoms with E-state index in [2.05, 4.69) is 5.32 Å². The number of hydrogen-bond donors (Lipinski definition) is 2. The number of thioether (sulfide) groups is 2. The molecular formula is C13H17NO2S2. The van der Waals surface area contributed by atoms with Crippen molar-refractivity contribution >= 4 is 29.5 Å². The van der Waals surface area contributed by atoms with Crippen LogP contribution in [0.15, 0.2) is 24.3 Å². The fourth-order valence-electron chi connectivity index (χ4n) is 1.91. The maximum absolute atomic E-state index is 11.1. The van der Waals surface area contributed by atoms with E-state index in [0.29, 0.717) is 17.4 Å². The largest absolute Gasteiger partial charge is 0.478 e. The van der Waals surface area contributed by atoms with Crippen molar-refractivity contribution in [2.45, 2.75) is 11.8 Å². The summed E-state index contributed by atoms with van der Waals surface area (Å²) in [6.45, 7) is 1.58. The van der Waals surface area contributed by atoms with Crippen LogP contribution in [0, 0.1) is 0 Å². The van der Waals surface area contributed by atoms with E-state index in [1.54, 1.807) is 12.1 Å². The first kappa shape index (κ1) is 13.8. The van der Waals surface area contributed by atoms with Crippen molar-refractivity contribution in [2.75, 3.05) is 23.8 Å². The van der Waals surface area contributed by atoms with Gasteiger partial charge in [-0.2, -0.15) is 23.5 Å². The zero-order chi connectivity index (χ0) is 12.8. The standard InChI is InChI=1S/C13H17NO2S2/c15-13(16)12-4-2-1-3-10(12)7-14-8-11-9-17-5-6-18-11/h1-4,11,14H,5-9H2,(H,15,16). The SMILES string of the molecule is O=C(O)c1ccccc1CNCC1CSCCS1. The lowest BCUT2D eigenvalue weighted by molar-refractivity contribution is 0.0695. The Bertz CT molecular complexity index is 406. The minimum atomic E-state index is -0.852. The van der Waals surface area contributed by atoms with Crippen LogP contribution >= 0.6 is 23.5 Å². The molecule has 1 aliphatic heterocycles. The number of aromatic carboxylic acids is 1. The number of carboxylic acid groups (broad SMARTS) is 1. The second-order valence-electron chi connectivity index (χ2n) is 4.16. The quantitative estimate of drug-likeness (QED) is 0.868. The van der Waals surface area contributed by atoms with E-state index in [0.717, 1.165) is 12.1 Å². The van der Waals surface area contributed by atoms with Crippen LogP contribution in [-0.4, -0.2) is 40.1 Å².